The van der Waals surface area contributed by atoms with Crippen LogP contribution in [0.1, 0.15) is 32.9 Å². The van der Waals surface area contributed by atoms with Gasteiger partial charge in [-0.3, -0.25) is 9.69 Å². The zero-order valence-corrected chi connectivity index (χ0v) is 14.1. The van der Waals surface area contributed by atoms with Crippen LogP contribution in [0.15, 0.2) is 28.2 Å². The number of hydrogen-bond acceptors (Lipinski definition) is 5. The summed E-state index contributed by atoms with van der Waals surface area (Å²) in [4.78, 5) is 31.2. The van der Waals surface area contributed by atoms with Crippen molar-refractivity contribution in [2.75, 3.05) is 0 Å². The van der Waals surface area contributed by atoms with Gasteiger partial charge in [-0.05, 0) is 30.7 Å². The average Bonchev–Trinajstić information content (AvgIpc) is 3.16. The summed E-state index contributed by atoms with van der Waals surface area (Å²) in [7, 11) is 0. The van der Waals surface area contributed by atoms with Gasteiger partial charge in [-0.15, -0.1) is 11.3 Å². The molecule has 3 rings (SSSR count). The van der Waals surface area contributed by atoms with Crippen LogP contribution in [0.25, 0.3) is 10.8 Å². The number of amides is 3. The van der Waals surface area contributed by atoms with Gasteiger partial charge in [0.1, 0.15) is 11.8 Å². The van der Waals surface area contributed by atoms with E-state index in [0.717, 1.165) is 4.88 Å². The topological polar surface area (TPSA) is 75.4 Å². The molecule has 1 N–H and O–H groups in total. The van der Waals surface area contributed by atoms with Crippen LogP contribution in [0.3, 0.4) is 0 Å². The summed E-state index contributed by atoms with van der Waals surface area (Å²) in [6.07, 6.45) is 2.10. The Bertz CT molecular complexity index is 723. The Morgan fingerprint density at radius 1 is 1.43 bits per heavy atom. The van der Waals surface area contributed by atoms with Crippen molar-refractivity contribution in [3.63, 3.8) is 0 Å². The van der Waals surface area contributed by atoms with Gasteiger partial charge in [0.05, 0.1) is 17.1 Å². The van der Waals surface area contributed by atoms with Crippen molar-refractivity contribution >= 4 is 23.3 Å². The van der Waals surface area contributed by atoms with Gasteiger partial charge in [0, 0.05) is 0 Å². The van der Waals surface area contributed by atoms with Gasteiger partial charge in [0.25, 0.3) is 5.91 Å². The molecule has 3 amide bonds. The highest BCUT2D eigenvalue weighted by Gasteiger charge is 2.47. The number of imide groups is 1. The van der Waals surface area contributed by atoms with Gasteiger partial charge < -0.3 is 9.73 Å². The lowest BCUT2D eigenvalue weighted by atomic mass is 9.91. The fourth-order valence-corrected chi connectivity index (χ4v) is 3.56. The largest absolute Gasteiger partial charge is 0.443 e. The second kappa shape index (κ2) is 5.81. The molecular weight excluding hydrogens is 314 g/mol. The Morgan fingerprint density at radius 3 is 2.87 bits per heavy atom. The summed E-state index contributed by atoms with van der Waals surface area (Å²) in [5, 5.41) is 4.74. The first-order chi connectivity index (χ1) is 10.9. The van der Waals surface area contributed by atoms with Gasteiger partial charge in [-0.2, -0.15) is 0 Å². The lowest BCUT2D eigenvalue weighted by molar-refractivity contribution is -0.131. The Morgan fingerprint density at radius 2 is 2.22 bits per heavy atom. The summed E-state index contributed by atoms with van der Waals surface area (Å²) < 4.78 is 5.44. The summed E-state index contributed by atoms with van der Waals surface area (Å²) in [5.74, 6) is 0.602. The molecule has 0 aliphatic carbocycles. The highest BCUT2D eigenvalue weighted by atomic mass is 32.1. The first kappa shape index (κ1) is 15.7. The molecule has 6 nitrogen and oxygen atoms in total. The van der Waals surface area contributed by atoms with E-state index >= 15 is 0 Å². The molecule has 1 saturated heterocycles. The highest BCUT2D eigenvalue weighted by Crippen LogP contribution is 2.27. The molecule has 0 spiro atoms. The number of nitrogens with zero attached hydrogens (tertiary/aromatic N) is 2. The van der Waals surface area contributed by atoms with E-state index < -0.39 is 5.54 Å². The van der Waals surface area contributed by atoms with Crippen molar-refractivity contribution in [2.24, 2.45) is 5.92 Å². The summed E-state index contributed by atoms with van der Waals surface area (Å²) >= 11 is 1.52. The van der Waals surface area contributed by atoms with E-state index in [1.165, 1.54) is 22.5 Å². The van der Waals surface area contributed by atoms with Crippen molar-refractivity contribution in [3.05, 3.63) is 29.5 Å². The highest BCUT2D eigenvalue weighted by molar-refractivity contribution is 7.13. The van der Waals surface area contributed by atoms with E-state index in [-0.39, 0.29) is 18.5 Å². The van der Waals surface area contributed by atoms with E-state index in [1.54, 1.807) is 6.92 Å². The number of carbonyl (C=O) groups excluding carboxylic acids is 2. The molecule has 122 valence electrons. The molecule has 23 heavy (non-hydrogen) atoms. The van der Waals surface area contributed by atoms with E-state index in [2.05, 4.69) is 10.3 Å². The first-order valence-electron chi connectivity index (χ1n) is 7.51. The number of carbonyl (C=O) groups is 2. The standard InChI is InChI=1S/C16H19N3O3S/c1-10(2)7-16(3)14(20)19(15(21)18-16)8-11-9-22-13(17-11)12-5-4-6-23-12/h4-6,9-10H,7-8H2,1-3H3,(H,18,21). The number of nitrogens with one attached hydrogen (secondary N) is 1. The Labute approximate surface area is 138 Å². The van der Waals surface area contributed by atoms with E-state index in [4.69, 9.17) is 4.42 Å². The minimum Gasteiger partial charge on any atom is -0.443 e. The van der Waals surface area contributed by atoms with Crippen molar-refractivity contribution in [1.29, 1.82) is 0 Å². The number of rotatable bonds is 5. The number of hydrogen-bond donors (Lipinski definition) is 1. The van der Waals surface area contributed by atoms with Gasteiger partial charge >= 0.3 is 6.03 Å². The summed E-state index contributed by atoms with van der Waals surface area (Å²) in [6.45, 7) is 5.94. The predicted molar refractivity (Wildman–Crippen MR) is 86.8 cm³/mol. The Hall–Kier alpha value is -2.15. The zero-order chi connectivity index (χ0) is 16.6. The van der Waals surface area contributed by atoms with Gasteiger partial charge in [0.15, 0.2) is 0 Å². The number of urea groups is 1. The molecule has 7 heteroatoms. The molecule has 2 aromatic heterocycles. The minimum atomic E-state index is -0.842. The van der Waals surface area contributed by atoms with E-state index in [1.807, 2.05) is 31.4 Å². The van der Waals surface area contributed by atoms with Crippen LogP contribution < -0.4 is 5.32 Å². The molecule has 0 radical (unpaired) electrons. The van der Waals surface area contributed by atoms with Gasteiger partial charge in [0.2, 0.25) is 5.89 Å². The summed E-state index contributed by atoms with van der Waals surface area (Å²) in [5.41, 5.74) is -0.281. The van der Waals surface area contributed by atoms with Crippen LogP contribution in [0.4, 0.5) is 4.79 Å². The molecule has 0 saturated carbocycles. The molecule has 2 aromatic rings. The lowest BCUT2D eigenvalue weighted by Gasteiger charge is -2.23. The first-order valence-corrected chi connectivity index (χ1v) is 8.39. The average molecular weight is 333 g/mol. The third-order valence-corrected chi connectivity index (χ3v) is 4.62. The minimum absolute atomic E-state index is 0.118. The number of oxazole rings is 1. The zero-order valence-electron chi connectivity index (χ0n) is 13.3. The fourth-order valence-electron chi connectivity index (χ4n) is 2.90. The van der Waals surface area contributed by atoms with Crippen molar-refractivity contribution in [3.8, 4) is 10.8 Å². The SMILES string of the molecule is CC(C)CC1(C)NC(=O)N(Cc2coc(-c3cccs3)n2)C1=O. The van der Waals surface area contributed by atoms with Crippen LogP contribution in [-0.2, 0) is 11.3 Å². The molecule has 0 aromatic carbocycles. The molecule has 1 aliphatic heterocycles. The second-order valence-electron chi connectivity index (χ2n) is 6.37. The maximum absolute atomic E-state index is 12.6. The smallest absolute Gasteiger partial charge is 0.325 e. The summed E-state index contributed by atoms with van der Waals surface area (Å²) in [6, 6.07) is 3.45. The normalized spacial score (nSPS) is 21.3. The molecule has 1 aliphatic rings. The van der Waals surface area contributed by atoms with Gasteiger partial charge in [-0.1, -0.05) is 19.9 Å². The van der Waals surface area contributed by atoms with Crippen LogP contribution in [0.5, 0.6) is 0 Å². The quantitative estimate of drug-likeness (QED) is 0.852. The predicted octanol–water partition coefficient (Wildman–Crippen LogP) is 3.26. The molecular formula is C16H19N3O3S. The van der Waals surface area contributed by atoms with Crippen LogP contribution >= 0.6 is 11.3 Å². The van der Waals surface area contributed by atoms with Crippen molar-refractivity contribution < 1.29 is 14.0 Å². The van der Waals surface area contributed by atoms with Crippen molar-refractivity contribution in [1.82, 2.24) is 15.2 Å². The van der Waals surface area contributed by atoms with Crippen LogP contribution in [0, 0.1) is 5.92 Å². The van der Waals surface area contributed by atoms with E-state index in [9.17, 15) is 9.59 Å². The Kier molecular flexibility index (Phi) is 3.97. The third kappa shape index (κ3) is 3.01. The number of aromatic nitrogens is 1. The fraction of sp³-hybridized carbons (Fsp3) is 0.438. The maximum Gasteiger partial charge on any atom is 0.325 e. The lowest BCUT2D eigenvalue weighted by Crippen LogP contribution is -2.44. The molecule has 1 atom stereocenters. The van der Waals surface area contributed by atoms with Crippen LogP contribution in [0.2, 0.25) is 0 Å². The second-order valence-corrected chi connectivity index (χ2v) is 7.32. The molecule has 1 unspecified atom stereocenters. The van der Waals surface area contributed by atoms with E-state index in [0.29, 0.717) is 23.9 Å². The Balaban J connectivity index is 1.75. The maximum atomic E-state index is 12.6. The number of thiophene rings is 1. The van der Waals surface area contributed by atoms with Crippen LogP contribution in [-0.4, -0.2) is 27.4 Å². The monoisotopic (exact) mass is 333 g/mol. The van der Waals surface area contributed by atoms with Crippen molar-refractivity contribution in [2.45, 2.75) is 39.3 Å². The molecule has 3 heterocycles. The molecule has 1 fully saturated rings. The third-order valence-electron chi connectivity index (χ3n) is 3.77. The van der Waals surface area contributed by atoms with Gasteiger partial charge in [-0.25, -0.2) is 9.78 Å². The molecule has 0 bridgehead atoms.